The number of urea groups is 1. The molecule has 1 heterocycles. The van der Waals surface area contributed by atoms with Crippen LogP contribution in [0.2, 0.25) is 0 Å². The van der Waals surface area contributed by atoms with Crippen LogP contribution in [0, 0.1) is 0 Å². The number of morpholine rings is 1. The first kappa shape index (κ1) is 16.9. The Kier molecular flexibility index (Phi) is 5.22. The van der Waals surface area contributed by atoms with Gasteiger partial charge in [0.05, 0.1) is 31.5 Å². The lowest BCUT2D eigenvalue weighted by Gasteiger charge is -2.37. The minimum absolute atomic E-state index is 0.00449. The van der Waals surface area contributed by atoms with E-state index < -0.39 is 0 Å². The number of anilines is 1. The van der Waals surface area contributed by atoms with E-state index in [-0.39, 0.29) is 18.2 Å². The molecule has 5 heteroatoms. The van der Waals surface area contributed by atoms with Crippen LogP contribution < -0.4 is 5.32 Å². The molecular formula is C20H28N2O3. The molecule has 0 bridgehead atoms. The Hall–Kier alpha value is -1.59. The first-order valence-electron chi connectivity index (χ1n) is 9.69. The lowest BCUT2D eigenvalue weighted by Crippen LogP contribution is -2.52. The summed E-state index contributed by atoms with van der Waals surface area (Å²) in [6.07, 6.45) is 8.90. The highest BCUT2D eigenvalue weighted by Gasteiger charge is 2.38. The molecule has 1 N–H and O–H groups in total. The minimum atomic E-state index is -0.00449. The van der Waals surface area contributed by atoms with Gasteiger partial charge in [0.15, 0.2) is 0 Å². The number of rotatable bonds is 4. The van der Waals surface area contributed by atoms with Crippen LogP contribution in [0.4, 0.5) is 10.5 Å². The van der Waals surface area contributed by atoms with Gasteiger partial charge in [0.2, 0.25) is 0 Å². The maximum atomic E-state index is 12.6. The Balaban J connectivity index is 1.30. The maximum absolute atomic E-state index is 12.6. The zero-order valence-electron chi connectivity index (χ0n) is 14.8. The van der Waals surface area contributed by atoms with Gasteiger partial charge in [-0.1, -0.05) is 25.0 Å². The molecule has 3 fully saturated rings. The lowest BCUT2D eigenvalue weighted by atomic mass is 10.1. The molecule has 4 rings (SSSR count). The number of nitrogens with zero attached hydrogens (tertiary/aromatic N) is 1. The van der Waals surface area contributed by atoms with Crippen LogP contribution >= 0.6 is 0 Å². The standard InChI is InChI=1S/C20H28N2O3/c23-20(22-12-13-24-19-7-3-6-18(19)22)21-16-10-8-15(9-11-16)14-25-17-4-1-2-5-17/h8-11,17-19H,1-7,12-14H2,(H,21,23)/t18-,19-/m1/s1. The second-order valence-corrected chi connectivity index (χ2v) is 7.45. The summed E-state index contributed by atoms with van der Waals surface area (Å²) in [4.78, 5) is 14.6. The molecular weight excluding hydrogens is 316 g/mol. The van der Waals surface area contributed by atoms with Gasteiger partial charge in [-0.15, -0.1) is 0 Å². The maximum Gasteiger partial charge on any atom is 0.322 e. The molecule has 1 aromatic carbocycles. The highest BCUT2D eigenvalue weighted by molar-refractivity contribution is 5.89. The highest BCUT2D eigenvalue weighted by atomic mass is 16.5. The van der Waals surface area contributed by atoms with E-state index in [1.54, 1.807) is 0 Å². The summed E-state index contributed by atoms with van der Waals surface area (Å²) in [5.74, 6) is 0. The normalized spacial score (nSPS) is 26.6. The Bertz CT molecular complexity index is 583. The molecule has 1 aromatic rings. The fourth-order valence-electron chi connectivity index (χ4n) is 4.33. The van der Waals surface area contributed by atoms with Gasteiger partial charge in [-0.05, 0) is 49.8 Å². The van der Waals surface area contributed by atoms with Crippen molar-refractivity contribution in [3.05, 3.63) is 29.8 Å². The predicted octanol–water partition coefficient (Wildman–Crippen LogP) is 3.93. The van der Waals surface area contributed by atoms with Gasteiger partial charge in [0, 0.05) is 12.2 Å². The van der Waals surface area contributed by atoms with Crippen molar-refractivity contribution < 1.29 is 14.3 Å². The number of carbonyl (C=O) groups excluding carboxylic acids is 1. The molecule has 0 radical (unpaired) electrons. The number of benzene rings is 1. The monoisotopic (exact) mass is 344 g/mol. The number of amides is 2. The second kappa shape index (κ2) is 7.75. The first-order chi connectivity index (χ1) is 12.3. The lowest BCUT2D eigenvalue weighted by molar-refractivity contribution is -0.0362. The third kappa shape index (κ3) is 3.98. The quantitative estimate of drug-likeness (QED) is 0.900. The summed E-state index contributed by atoms with van der Waals surface area (Å²) in [7, 11) is 0. The van der Waals surface area contributed by atoms with Crippen molar-refractivity contribution >= 4 is 11.7 Å². The van der Waals surface area contributed by atoms with Gasteiger partial charge in [-0.3, -0.25) is 0 Å². The average Bonchev–Trinajstić information content (AvgIpc) is 3.32. The van der Waals surface area contributed by atoms with E-state index in [9.17, 15) is 4.79 Å². The molecule has 136 valence electrons. The summed E-state index contributed by atoms with van der Waals surface area (Å²) in [5, 5.41) is 3.04. The van der Waals surface area contributed by atoms with E-state index >= 15 is 0 Å². The van der Waals surface area contributed by atoms with Crippen molar-refractivity contribution in [1.29, 1.82) is 0 Å². The zero-order valence-corrected chi connectivity index (χ0v) is 14.8. The molecule has 2 atom stereocenters. The molecule has 1 aliphatic heterocycles. The van der Waals surface area contributed by atoms with E-state index in [0.29, 0.717) is 25.9 Å². The third-order valence-corrected chi connectivity index (χ3v) is 5.74. The summed E-state index contributed by atoms with van der Waals surface area (Å²) in [6, 6.07) is 8.27. The van der Waals surface area contributed by atoms with Crippen LogP contribution in [-0.4, -0.2) is 42.3 Å². The highest BCUT2D eigenvalue weighted by Crippen LogP contribution is 2.30. The fraction of sp³-hybridized carbons (Fsp3) is 0.650. The molecule has 0 unspecified atom stereocenters. The second-order valence-electron chi connectivity index (χ2n) is 7.45. The van der Waals surface area contributed by atoms with Crippen molar-refractivity contribution in [3.8, 4) is 0 Å². The van der Waals surface area contributed by atoms with E-state index in [4.69, 9.17) is 9.47 Å². The molecule has 2 amide bonds. The van der Waals surface area contributed by atoms with Gasteiger partial charge in [-0.2, -0.15) is 0 Å². The van der Waals surface area contributed by atoms with Crippen LogP contribution in [0.3, 0.4) is 0 Å². The van der Waals surface area contributed by atoms with Gasteiger partial charge >= 0.3 is 6.03 Å². The number of carbonyl (C=O) groups is 1. The molecule has 25 heavy (non-hydrogen) atoms. The number of ether oxygens (including phenoxy) is 2. The molecule has 0 spiro atoms. The zero-order chi connectivity index (χ0) is 17.1. The smallest absolute Gasteiger partial charge is 0.322 e. The van der Waals surface area contributed by atoms with Gasteiger partial charge < -0.3 is 19.7 Å². The van der Waals surface area contributed by atoms with E-state index in [0.717, 1.165) is 30.5 Å². The van der Waals surface area contributed by atoms with Crippen LogP contribution in [0.15, 0.2) is 24.3 Å². The van der Waals surface area contributed by atoms with Gasteiger partial charge in [-0.25, -0.2) is 4.79 Å². The van der Waals surface area contributed by atoms with Crippen molar-refractivity contribution in [2.24, 2.45) is 0 Å². The van der Waals surface area contributed by atoms with E-state index in [1.807, 2.05) is 29.2 Å². The van der Waals surface area contributed by atoms with E-state index in [2.05, 4.69) is 5.32 Å². The van der Waals surface area contributed by atoms with Crippen molar-refractivity contribution in [1.82, 2.24) is 4.90 Å². The van der Waals surface area contributed by atoms with Crippen molar-refractivity contribution in [3.63, 3.8) is 0 Å². The van der Waals surface area contributed by atoms with Gasteiger partial charge in [0.25, 0.3) is 0 Å². The summed E-state index contributed by atoms with van der Waals surface area (Å²) < 4.78 is 11.7. The molecule has 1 saturated heterocycles. The summed E-state index contributed by atoms with van der Waals surface area (Å²) in [5.41, 5.74) is 2.00. The minimum Gasteiger partial charge on any atom is -0.374 e. The Morgan fingerprint density at radius 3 is 2.72 bits per heavy atom. The topological polar surface area (TPSA) is 50.8 Å². The summed E-state index contributed by atoms with van der Waals surface area (Å²) in [6.45, 7) is 1.98. The fourth-order valence-corrected chi connectivity index (χ4v) is 4.33. The Morgan fingerprint density at radius 1 is 1.12 bits per heavy atom. The van der Waals surface area contributed by atoms with Gasteiger partial charge in [0.1, 0.15) is 0 Å². The average molecular weight is 344 g/mol. The number of fused-ring (bicyclic) bond motifs is 1. The largest absolute Gasteiger partial charge is 0.374 e. The Labute approximate surface area is 149 Å². The number of hydrogen-bond acceptors (Lipinski definition) is 3. The molecule has 2 aliphatic carbocycles. The molecule has 2 saturated carbocycles. The predicted molar refractivity (Wildman–Crippen MR) is 96.6 cm³/mol. The van der Waals surface area contributed by atoms with Crippen LogP contribution in [0.1, 0.15) is 50.5 Å². The number of nitrogens with one attached hydrogen (secondary N) is 1. The molecule has 5 nitrogen and oxygen atoms in total. The van der Waals surface area contributed by atoms with Crippen molar-refractivity contribution in [2.45, 2.75) is 69.8 Å². The van der Waals surface area contributed by atoms with Crippen LogP contribution in [-0.2, 0) is 16.1 Å². The summed E-state index contributed by atoms with van der Waals surface area (Å²) >= 11 is 0. The van der Waals surface area contributed by atoms with E-state index in [1.165, 1.54) is 25.7 Å². The van der Waals surface area contributed by atoms with Crippen LogP contribution in [0.25, 0.3) is 0 Å². The van der Waals surface area contributed by atoms with Crippen LogP contribution in [0.5, 0.6) is 0 Å². The third-order valence-electron chi connectivity index (χ3n) is 5.74. The SMILES string of the molecule is O=C(Nc1ccc(COC2CCCC2)cc1)N1CCO[C@@H]2CCC[C@H]21. The number of hydrogen-bond donors (Lipinski definition) is 1. The van der Waals surface area contributed by atoms with Crippen molar-refractivity contribution in [2.75, 3.05) is 18.5 Å². The molecule has 3 aliphatic rings. The molecule has 0 aromatic heterocycles. The Morgan fingerprint density at radius 2 is 1.92 bits per heavy atom. The first-order valence-corrected chi connectivity index (χ1v) is 9.69.